The van der Waals surface area contributed by atoms with Crippen molar-refractivity contribution in [3.8, 4) is 0 Å². The van der Waals surface area contributed by atoms with Gasteiger partial charge in [0.05, 0.1) is 19.2 Å². The van der Waals surface area contributed by atoms with Crippen LogP contribution in [0.5, 0.6) is 0 Å². The van der Waals surface area contributed by atoms with Crippen LogP contribution >= 0.6 is 0 Å². The fourth-order valence-electron chi connectivity index (χ4n) is 1.94. The average molecular weight is 242 g/mol. The molecule has 0 aromatic heterocycles. The first kappa shape index (κ1) is 14.0. The van der Waals surface area contributed by atoms with Crippen LogP contribution in [0, 0.1) is 0 Å². The average Bonchev–Trinajstić information content (AvgIpc) is 2.28. The molecular weight excluding hydrogens is 220 g/mol. The Morgan fingerprint density at radius 3 is 2.35 bits per heavy atom. The van der Waals surface area contributed by atoms with Crippen LogP contribution in [0.4, 0.5) is 0 Å². The number of hydrogen-bond donors (Lipinski definition) is 1. The van der Waals surface area contributed by atoms with Gasteiger partial charge < -0.3 is 14.9 Å². The number of amides is 2. The lowest BCUT2D eigenvalue weighted by molar-refractivity contribution is -0.149. The smallest absolute Gasteiger partial charge is 0.242 e. The van der Waals surface area contributed by atoms with Crippen LogP contribution in [-0.4, -0.2) is 59.0 Å². The van der Waals surface area contributed by atoms with E-state index < -0.39 is 0 Å². The molecule has 5 heteroatoms. The van der Waals surface area contributed by atoms with Crippen molar-refractivity contribution in [1.29, 1.82) is 0 Å². The molecule has 1 aliphatic rings. The van der Waals surface area contributed by atoms with Gasteiger partial charge >= 0.3 is 0 Å². The van der Waals surface area contributed by atoms with E-state index in [2.05, 4.69) is 0 Å². The number of hydrogen-bond acceptors (Lipinski definition) is 3. The zero-order valence-electron chi connectivity index (χ0n) is 10.7. The van der Waals surface area contributed by atoms with E-state index in [0.29, 0.717) is 13.1 Å². The fourth-order valence-corrected chi connectivity index (χ4v) is 1.94. The molecular formula is C12H22N2O3. The Labute approximate surface area is 102 Å². The minimum atomic E-state index is -0.288. The first-order valence-electron chi connectivity index (χ1n) is 6.28. The maximum atomic E-state index is 11.7. The van der Waals surface area contributed by atoms with E-state index >= 15 is 0 Å². The Balaban J connectivity index is 2.30. The van der Waals surface area contributed by atoms with Crippen molar-refractivity contribution in [2.24, 2.45) is 0 Å². The molecule has 2 amide bonds. The lowest BCUT2D eigenvalue weighted by Gasteiger charge is -2.33. The number of piperazine rings is 1. The van der Waals surface area contributed by atoms with Crippen LogP contribution in [-0.2, 0) is 9.59 Å². The van der Waals surface area contributed by atoms with Gasteiger partial charge in [-0.25, -0.2) is 0 Å². The van der Waals surface area contributed by atoms with Crippen molar-refractivity contribution in [2.45, 2.75) is 39.2 Å². The number of carbonyl (C=O) groups excluding carboxylic acids is 2. The van der Waals surface area contributed by atoms with Crippen molar-refractivity contribution in [2.75, 3.05) is 26.2 Å². The molecule has 0 aromatic rings. The summed E-state index contributed by atoms with van der Waals surface area (Å²) in [5.41, 5.74) is 0. The number of unbranched alkanes of at least 4 members (excludes halogenated alkanes) is 1. The number of carbonyl (C=O) groups is 2. The molecule has 1 fully saturated rings. The zero-order valence-corrected chi connectivity index (χ0v) is 10.7. The fraction of sp³-hybridized carbons (Fsp3) is 0.833. The normalized spacial score (nSPS) is 18.8. The second-order valence-electron chi connectivity index (χ2n) is 4.57. The van der Waals surface area contributed by atoms with Crippen LogP contribution in [0.1, 0.15) is 33.1 Å². The van der Waals surface area contributed by atoms with Crippen molar-refractivity contribution in [3.05, 3.63) is 0 Å². The van der Waals surface area contributed by atoms with Crippen molar-refractivity contribution in [3.63, 3.8) is 0 Å². The third-order valence-electron chi connectivity index (χ3n) is 3.04. The van der Waals surface area contributed by atoms with Crippen LogP contribution in [0.15, 0.2) is 0 Å². The highest BCUT2D eigenvalue weighted by Crippen LogP contribution is 2.07. The van der Waals surface area contributed by atoms with Crippen LogP contribution < -0.4 is 0 Å². The minimum absolute atomic E-state index is 0.0302. The molecule has 0 spiro atoms. The highest BCUT2D eigenvalue weighted by molar-refractivity contribution is 5.92. The summed E-state index contributed by atoms with van der Waals surface area (Å²) in [5.74, 6) is 0.0612. The lowest BCUT2D eigenvalue weighted by atomic mass is 10.1. The largest absolute Gasteiger partial charge is 0.393 e. The molecule has 0 saturated carbocycles. The van der Waals surface area contributed by atoms with Gasteiger partial charge in [0.1, 0.15) is 0 Å². The standard InChI is InChI=1S/C12H22N2O3/c1-3-13-8-12(17)14(9-11(13)16)7-5-4-6-10(2)15/h10,15H,3-9H2,1-2H3. The zero-order chi connectivity index (χ0) is 12.8. The topological polar surface area (TPSA) is 60.9 Å². The highest BCUT2D eigenvalue weighted by Gasteiger charge is 2.28. The molecule has 5 nitrogen and oxygen atoms in total. The van der Waals surface area contributed by atoms with E-state index in [1.54, 1.807) is 16.7 Å². The van der Waals surface area contributed by atoms with Gasteiger partial charge in [-0.3, -0.25) is 9.59 Å². The van der Waals surface area contributed by atoms with Gasteiger partial charge in [0.2, 0.25) is 11.8 Å². The van der Waals surface area contributed by atoms with Gasteiger partial charge in [-0.15, -0.1) is 0 Å². The third-order valence-corrected chi connectivity index (χ3v) is 3.04. The molecule has 1 aliphatic heterocycles. The van der Waals surface area contributed by atoms with Crippen LogP contribution in [0.2, 0.25) is 0 Å². The number of rotatable bonds is 6. The molecule has 1 heterocycles. The summed E-state index contributed by atoms with van der Waals surface area (Å²) in [4.78, 5) is 26.5. The summed E-state index contributed by atoms with van der Waals surface area (Å²) < 4.78 is 0. The third kappa shape index (κ3) is 4.34. The van der Waals surface area contributed by atoms with Crippen LogP contribution in [0.25, 0.3) is 0 Å². The van der Waals surface area contributed by atoms with Crippen molar-refractivity contribution >= 4 is 11.8 Å². The van der Waals surface area contributed by atoms with E-state index in [4.69, 9.17) is 5.11 Å². The van der Waals surface area contributed by atoms with E-state index in [1.807, 2.05) is 6.92 Å². The SMILES string of the molecule is CCN1CC(=O)N(CCCCC(C)O)CC1=O. The molecule has 0 radical (unpaired) electrons. The van der Waals surface area contributed by atoms with Gasteiger partial charge in [-0.1, -0.05) is 0 Å². The maximum absolute atomic E-state index is 11.7. The summed E-state index contributed by atoms with van der Waals surface area (Å²) in [6.45, 7) is 5.28. The Kier molecular flexibility index (Phi) is 5.41. The quantitative estimate of drug-likeness (QED) is 0.678. The number of aliphatic hydroxyl groups excluding tert-OH is 1. The minimum Gasteiger partial charge on any atom is -0.393 e. The van der Waals surface area contributed by atoms with Crippen molar-refractivity contribution in [1.82, 2.24) is 9.80 Å². The number of likely N-dealkylation sites (N-methyl/N-ethyl adjacent to an activating group) is 1. The van der Waals surface area contributed by atoms with Crippen molar-refractivity contribution < 1.29 is 14.7 Å². The highest BCUT2D eigenvalue weighted by atomic mass is 16.3. The van der Waals surface area contributed by atoms with E-state index in [-0.39, 0.29) is 31.0 Å². The molecule has 1 unspecified atom stereocenters. The van der Waals surface area contributed by atoms with Gasteiger partial charge in [0, 0.05) is 13.1 Å². The first-order chi connectivity index (χ1) is 8.04. The monoisotopic (exact) mass is 242 g/mol. The predicted molar refractivity (Wildman–Crippen MR) is 64.4 cm³/mol. The second-order valence-corrected chi connectivity index (χ2v) is 4.57. The van der Waals surface area contributed by atoms with E-state index in [1.165, 1.54) is 0 Å². The summed E-state index contributed by atoms with van der Waals surface area (Å²) >= 11 is 0. The van der Waals surface area contributed by atoms with E-state index in [0.717, 1.165) is 19.3 Å². The number of aliphatic hydroxyl groups is 1. The lowest BCUT2D eigenvalue weighted by Crippen LogP contribution is -2.53. The molecule has 98 valence electrons. The second kappa shape index (κ2) is 6.59. The Morgan fingerprint density at radius 2 is 1.76 bits per heavy atom. The predicted octanol–water partition coefficient (Wildman–Crippen LogP) is 0.228. The first-order valence-corrected chi connectivity index (χ1v) is 6.28. The maximum Gasteiger partial charge on any atom is 0.242 e. The molecule has 1 N–H and O–H groups in total. The van der Waals surface area contributed by atoms with Gasteiger partial charge in [0.15, 0.2) is 0 Å². The summed E-state index contributed by atoms with van der Waals surface area (Å²) in [5, 5.41) is 9.11. The Bertz CT molecular complexity index is 279. The molecule has 1 saturated heterocycles. The molecule has 0 bridgehead atoms. The molecule has 0 aliphatic carbocycles. The Morgan fingerprint density at radius 1 is 1.18 bits per heavy atom. The molecule has 0 aromatic carbocycles. The van der Waals surface area contributed by atoms with Gasteiger partial charge in [-0.2, -0.15) is 0 Å². The molecule has 1 rings (SSSR count). The summed E-state index contributed by atoms with van der Waals surface area (Å²) in [7, 11) is 0. The number of nitrogens with zero attached hydrogens (tertiary/aromatic N) is 2. The van der Waals surface area contributed by atoms with Gasteiger partial charge in [-0.05, 0) is 33.1 Å². The molecule has 17 heavy (non-hydrogen) atoms. The van der Waals surface area contributed by atoms with Gasteiger partial charge in [0.25, 0.3) is 0 Å². The summed E-state index contributed by atoms with van der Waals surface area (Å²) in [6.07, 6.45) is 2.18. The summed E-state index contributed by atoms with van der Waals surface area (Å²) in [6, 6.07) is 0. The van der Waals surface area contributed by atoms with Crippen LogP contribution in [0.3, 0.4) is 0 Å². The molecule has 1 atom stereocenters. The van der Waals surface area contributed by atoms with E-state index in [9.17, 15) is 9.59 Å². The Hall–Kier alpha value is -1.10.